The first kappa shape index (κ1) is 16.9. The molecule has 0 aliphatic heterocycles. The fraction of sp³-hybridized carbons (Fsp3) is 0.111. The van der Waals surface area contributed by atoms with E-state index in [-0.39, 0.29) is 11.3 Å². The van der Waals surface area contributed by atoms with Crippen LogP contribution >= 0.6 is 0 Å². The Balaban J connectivity index is 2.10. The lowest BCUT2D eigenvalue weighted by Gasteiger charge is -2.13. The molecule has 0 unspecified atom stereocenters. The van der Waals surface area contributed by atoms with Crippen LogP contribution in [0.25, 0.3) is 0 Å². The number of nitrogens with one attached hydrogen (secondary N) is 2. The number of amides is 1. The summed E-state index contributed by atoms with van der Waals surface area (Å²) in [4.78, 5) is 14.1. The number of hydrogen-bond acceptors (Lipinski definition) is 5. The molecule has 0 aliphatic carbocycles. The van der Waals surface area contributed by atoms with Crippen molar-refractivity contribution >= 4 is 23.0 Å². The van der Waals surface area contributed by atoms with Gasteiger partial charge in [-0.2, -0.15) is 5.26 Å². The number of carbonyl (C=O) groups excluding carboxylic acids is 1. The van der Waals surface area contributed by atoms with E-state index in [0.29, 0.717) is 5.69 Å². The first-order valence-electron chi connectivity index (χ1n) is 7.24. The molecule has 24 heavy (non-hydrogen) atoms. The maximum absolute atomic E-state index is 12.1. The van der Waals surface area contributed by atoms with Crippen LogP contribution in [0.4, 0.5) is 17.1 Å². The number of anilines is 3. The molecule has 0 saturated carbocycles. The van der Waals surface area contributed by atoms with Gasteiger partial charge in [0.05, 0.1) is 0 Å². The van der Waals surface area contributed by atoms with E-state index in [0.717, 1.165) is 11.4 Å². The maximum atomic E-state index is 12.1. The Morgan fingerprint density at radius 2 is 1.88 bits per heavy atom. The summed E-state index contributed by atoms with van der Waals surface area (Å²) in [6, 6.07) is 15.6. The van der Waals surface area contributed by atoms with Crippen LogP contribution in [-0.4, -0.2) is 25.1 Å². The predicted molar refractivity (Wildman–Crippen MR) is 94.8 cm³/mol. The van der Waals surface area contributed by atoms with Crippen LogP contribution in [-0.2, 0) is 4.79 Å². The number of phenols is 1. The van der Waals surface area contributed by atoms with E-state index in [2.05, 4.69) is 10.6 Å². The van der Waals surface area contributed by atoms with Crippen LogP contribution < -0.4 is 15.5 Å². The molecule has 0 atom stereocenters. The largest absolute Gasteiger partial charge is 0.508 e. The highest BCUT2D eigenvalue weighted by atomic mass is 16.3. The average molecular weight is 322 g/mol. The van der Waals surface area contributed by atoms with Crippen LogP contribution in [0.3, 0.4) is 0 Å². The third kappa shape index (κ3) is 4.52. The lowest BCUT2D eigenvalue weighted by atomic mass is 10.2. The summed E-state index contributed by atoms with van der Waals surface area (Å²) in [5.41, 5.74) is 2.10. The lowest BCUT2D eigenvalue weighted by Crippen LogP contribution is -2.14. The van der Waals surface area contributed by atoms with Crippen LogP contribution in [0.1, 0.15) is 0 Å². The molecule has 2 aromatic rings. The van der Waals surface area contributed by atoms with Crippen molar-refractivity contribution in [3.8, 4) is 11.8 Å². The van der Waals surface area contributed by atoms with Gasteiger partial charge in [0.25, 0.3) is 5.91 Å². The Morgan fingerprint density at radius 3 is 2.54 bits per heavy atom. The number of rotatable bonds is 5. The van der Waals surface area contributed by atoms with Gasteiger partial charge in [0.1, 0.15) is 17.4 Å². The maximum Gasteiger partial charge on any atom is 0.267 e. The van der Waals surface area contributed by atoms with Gasteiger partial charge >= 0.3 is 0 Å². The standard InChI is InChI=1S/C18H18N4O2/c1-22(2)16-7-3-5-14(9-16)20-12-13(11-19)18(24)21-15-6-4-8-17(23)10-15/h3-10,12,20,23H,1-2H3,(H,21,24)/b13-12-. The number of nitrogens with zero attached hydrogens (tertiary/aromatic N) is 2. The number of phenolic OH excluding ortho intramolecular Hbond substituents is 1. The molecule has 2 aromatic carbocycles. The van der Waals surface area contributed by atoms with E-state index in [9.17, 15) is 15.2 Å². The van der Waals surface area contributed by atoms with Gasteiger partial charge in [-0.3, -0.25) is 4.79 Å². The molecule has 6 heteroatoms. The predicted octanol–water partition coefficient (Wildman–Crippen LogP) is 2.92. The van der Waals surface area contributed by atoms with Crippen molar-refractivity contribution in [2.24, 2.45) is 0 Å². The summed E-state index contributed by atoms with van der Waals surface area (Å²) in [6.07, 6.45) is 1.35. The van der Waals surface area contributed by atoms with Gasteiger partial charge in [-0.25, -0.2) is 0 Å². The summed E-state index contributed by atoms with van der Waals surface area (Å²) < 4.78 is 0. The van der Waals surface area contributed by atoms with Gasteiger partial charge in [-0.05, 0) is 30.3 Å². The molecule has 0 saturated heterocycles. The Hall–Kier alpha value is -3.46. The van der Waals surface area contributed by atoms with Gasteiger partial charge in [0, 0.05) is 43.4 Å². The molecule has 0 aliphatic rings. The minimum Gasteiger partial charge on any atom is -0.508 e. The molecular weight excluding hydrogens is 304 g/mol. The van der Waals surface area contributed by atoms with Gasteiger partial charge < -0.3 is 20.6 Å². The zero-order chi connectivity index (χ0) is 17.5. The Labute approximate surface area is 140 Å². The first-order chi connectivity index (χ1) is 11.5. The van der Waals surface area contributed by atoms with Crippen molar-refractivity contribution in [1.82, 2.24) is 0 Å². The zero-order valence-corrected chi connectivity index (χ0v) is 13.4. The topological polar surface area (TPSA) is 88.4 Å². The van der Waals surface area contributed by atoms with Crippen molar-refractivity contribution in [3.63, 3.8) is 0 Å². The van der Waals surface area contributed by atoms with E-state index in [1.807, 2.05) is 49.3 Å². The molecular formula is C18H18N4O2. The van der Waals surface area contributed by atoms with Gasteiger partial charge in [0.2, 0.25) is 0 Å². The summed E-state index contributed by atoms with van der Waals surface area (Å²) in [5, 5.41) is 24.1. The second-order valence-electron chi connectivity index (χ2n) is 5.26. The molecule has 122 valence electrons. The molecule has 0 spiro atoms. The molecule has 0 bridgehead atoms. The minimum atomic E-state index is -0.556. The van der Waals surface area contributed by atoms with Crippen molar-refractivity contribution < 1.29 is 9.90 Å². The van der Waals surface area contributed by atoms with E-state index in [4.69, 9.17) is 0 Å². The van der Waals surface area contributed by atoms with Crippen LogP contribution in [0.2, 0.25) is 0 Å². The summed E-state index contributed by atoms with van der Waals surface area (Å²) >= 11 is 0. The normalized spacial score (nSPS) is 10.6. The van der Waals surface area contributed by atoms with Crippen LogP contribution in [0.5, 0.6) is 5.75 Å². The number of carbonyl (C=O) groups is 1. The Morgan fingerprint density at radius 1 is 1.17 bits per heavy atom. The molecule has 3 N–H and O–H groups in total. The number of nitriles is 1. The quantitative estimate of drug-likeness (QED) is 0.582. The van der Waals surface area contributed by atoms with Gasteiger partial charge in [-0.15, -0.1) is 0 Å². The molecule has 0 fully saturated rings. The third-order valence-electron chi connectivity index (χ3n) is 3.21. The fourth-order valence-corrected chi connectivity index (χ4v) is 1.96. The van der Waals surface area contributed by atoms with E-state index in [1.54, 1.807) is 12.1 Å². The molecule has 2 rings (SSSR count). The van der Waals surface area contributed by atoms with Crippen LogP contribution in [0.15, 0.2) is 60.3 Å². The second-order valence-corrected chi connectivity index (χ2v) is 5.26. The molecule has 0 heterocycles. The summed E-state index contributed by atoms with van der Waals surface area (Å²) in [6.45, 7) is 0. The molecule has 6 nitrogen and oxygen atoms in total. The summed E-state index contributed by atoms with van der Waals surface area (Å²) in [5.74, 6) is -0.520. The van der Waals surface area contributed by atoms with Crippen LogP contribution in [0, 0.1) is 11.3 Å². The highest BCUT2D eigenvalue weighted by molar-refractivity contribution is 6.06. The molecule has 0 radical (unpaired) electrons. The first-order valence-corrected chi connectivity index (χ1v) is 7.24. The van der Waals surface area contributed by atoms with E-state index >= 15 is 0 Å². The molecule has 1 amide bonds. The lowest BCUT2D eigenvalue weighted by molar-refractivity contribution is -0.112. The number of benzene rings is 2. The van der Waals surface area contributed by atoms with Crippen molar-refractivity contribution in [1.29, 1.82) is 5.26 Å². The smallest absolute Gasteiger partial charge is 0.267 e. The second kappa shape index (κ2) is 7.70. The average Bonchev–Trinajstić information content (AvgIpc) is 2.55. The summed E-state index contributed by atoms with van der Waals surface area (Å²) in [7, 11) is 3.86. The van der Waals surface area contributed by atoms with E-state index in [1.165, 1.54) is 18.3 Å². The SMILES string of the molecule is CN(C)c1cccc(N/C=C(/C#N)C(=O)Nc2cccc(O)c2)c1. The number of aromatic hydroxyl groups is 1. The molecule has 0 aromatic heterocycles. The highest BCUT2D eigenvalue weighted by Gasteiger charge is 2.09. The van der Waals surface area contributed by atoms with Crippen molar-refractivity contribution in [2.45, 2.75) is 0 Å². The third-order valence-corrected chi connectivity index (χ3v) is 3.21. The van der Waals surface area contributed by atoms with Gasteiger partial charge in [0.15, 0.2) is 0 Å². The minimum absolute atomic E-state index is 0.0360. The number of hydrogen-bond donors (Lipinski definition) is 3. The Kier molecular flexibility index (Phi) is 5.42. The van der Waals surface area contributed by atoms with Gasteiger partial charge in [-0.1, -0.05) is 12.1 Å². The Bertz CT molecular complexity index is 807. The zero-order valence-electron chi connectivity index (χ0n) is 13.4. The van der Waals surface area contributed by atoms with Crippen molar-refractivity contribution in [3.05, 3.63) is 60.3 Å². The fourth-order valence-electron chi connectivity index (χ4n) is 1.96. The highest BCUT2D eigenvalue weighted by Crippen LogP contribution is 2.18. The van der Waals surface area contributed by atoms with E-state index < -0.39 is 5.91 Å². The monoisotopic (exact) mass is 322 g/mol. The van der Waals surface area contributed by atoms with Crippen molar-refractivity contribution in [2.75, 3.05) is 29.6 Å².